The summed E-state index contributed by atoms with van der Waals surface area (Å²) in [7, 11) is 4.52. The Bertz CT molecular complexity index is 3280. The molecule has 16 nitrogen and oxygen atoms in total. The van der Waals surface area contributed by atoms with Crippen molar-refractivity contribution in [1.29, 1.82) is 0 Å². The number of allylic oxidation sites excluding steroid dienone is 6. The van der Waals surface area contributed by atoms with Crippen LogP contribution in [-0.2, 0) is 53.8 Å². The zero-order chi connectivity index (χ0) is 72.3. The van der Waals surface area contributed by atoms with E-state index in [2.05, 4.69) is 18.7 Å². The molecule has 3 aromatic carbocycles. The average Bonchev–Trinajstić information content (AvgIpc) is 0.756. The molecule has 4 aliphatic rings. The predicted molar refractivity (Wildman–Crippen MR) is 377 cm³/mol. The summed E-state index contributed by atoms with van der Waals surface area (Å²) in [6, 6.07) is 7.46. The summed E-state index contributed by atoms with van der Waals surface area (Å²) in [6.07, 6.45) is 10.8. The van der Waals surface area contributed by atoms with Crippen LogP contribution in [0.1, 0.15) is 189 Å². The SMILES string of the molecule is CCCCN(CCCC)CCC(O)c1cc2c(Cl)cc(Cl)cc2c2cc(C(F)(F)F)ccc12.CO[C@H]1C[C@@H]2CC[C@@H](C)[C@@](O)(O2)C(=O)C(=O)N2CCCC[C@H]2C(=O)O[C@H]([C@H](C)C[C@@H]2CC[C@@H](O)[C@H](OC)C2)CC(=O)[C@H](C)/C=C(\C)[C@@H](O)[C@@H](OC)C(=O)[C@H](C)C[C@H](C)/C=C/C=C/C=C/1C. The minimum Gasteiger partial charge on any atom is -0.460 e. The lowest BCUT2D eigenvalue weighted by Gasteiger charge is -2.42. The van der Waals surface area contributed by atoms with Crippen molar-refractivity contribution in [2.24, 2.45) is 35.5 Å². The number of unbranched alkanes of at least 4 members (excludes halogenated alkanes) is 2. The van der Waals surface area contributed by atoms with Crippen LogP contribution in [0.5, 0.6) is 0 Å². The summed E-state index contributed by atoms with van der Waals surface area (Å²) in [5.41, 5.74) is 1.11. The Hall–Kier alpha value is -4.90. The highest BCUT2D eigenvalue weighted by Gasteiger charge is 2.53. The highest BCUT2D eigenvalue weighted by molar-refractivity contribution is 6.40. The summed E-state index contributed by atoms with van der Waals surface area (Å²) < 4.78 is 69.7. The molecule has 0 radical (unpaired) electrons. The van der Waals surface area contributed by atoms with Crippen molar-refractivity contribution in [3.63, 3.8) is 0 Å². The third-order valence-corrected chi connectivity index (χ3v) is 21.1. The second-order valence-corrected chi connectivity index (χ2v) is 29.0. The second kappa shape index (κ2) is 38.4. The number of ether oxygens (including phenoxy) is 5. The summed E-state index contributed by atoms with van der Waals surface area (Å²) >= 11 is 12.6. The van der Waals surface area contributed by atoms with Crippen LogP contribution in [-0.4, -0.2) is 162 Å². The van der Waals surface area contributed by atoms with E-state index in [1.807, 2.05) is 58.1 Å². The minimum atomic E-state index is -4.48. The minimum absolute atomic E-state index is 0.0193. The van der Waals surface area contributed by atoms with Gasteiger partial charge in [0.05, 0.1) is 36.1 Å². The lowest BCUT2D eigenvalue weighted by atomic mass is 9.78. The lowest BCUT2D eigenvalue weighted by Crippen LogP contribution is -2.61. The molecule has 4 N–H and O–H groups in total. The first-order valence-corrected chi connectivity index (χ1v) is 36.2. The summed E-state index contributed by atoms with van der Waals surface area (Å²) in [5, 5.41) is 47.7. The predicted octanol–water partition coefficient (Wildman–Crippen LogP) is 14.8. The Morgan fingerprint density at radius 2 is 1.48 bits per heavy atom. The maximum absolute atomic E-state index is 14.4. The molecule has 98 heavy (non-hydrogen) atoms. The third-order valence-electron chi connectivity index (χ3n) is 20.6. The normalized spacial score (nSPS) is 31.3. The maximum Gasteiger partial charge on any atom is 0.416 e. The van der Waals surface area contributed by atoms with Crippen LogP contribution < -0.4 is 0 Å². The van der Waals surface area contributed by atoms with Crippen LogP contribution in [0.3, 0.4) is 0 Å². The second-order valence-electron chi connectivity index (χ2n) is 28.2. The van der Waals surface area contributed by atoms with Crippen molar-refractivity contribution in [2.75, 3.05) is 47.5 Å². The van der Waals surface area contributed by atoms with Crippen LogP contribution in [0.25, 0.3) is 21.5 Å². The monoisotopic (exact) mass is 1410 g/mol. The van der Waals surface area contributed by atoms with Crippen molar-refractivity contribution < 1.29 is 81.3 Å². The van der Waals surface area contributed by atoms with Gasteiger partial charge in [-0.1, -0.05) is 127 Å². The van der Waals surface area contributed by atoms with Gasteiger partial charge in [0.25, 0.3) is 11.7 Å². The van der Waals surface area contributed by atoms with E-state index in [1.54, 1.807) is 59.3 Å². The number of benzene rings is 3. The van der Waals surface area contributed by atoms with E-state index >= 15 is 0 Å². The molecule has 16 atom stereocenters. The third kappa shape index (κ3) is 22.1. The Kier molecular flexibility index (Phi) is 32.1. The van der Waals surface area contributed by atoms with E-state index in [1.165, 1.54) is 18.1 Å². The topological polar surface area (TPSA) is 219 Å². The largest absolute Gasteiger partial charge is 0.460 e. The number of halogens is 5. The van der Waals surface area contributed by atoms with E-state index in [0.717, 1.165) is 69.4 Å². The quantitative estimate of drug-likeness (QED) is 0.0454. The molecule has 3 heterocycles. The first-order valence-electron chi connectivity index (χ1n) is 35.4. The van der Waals surface area contributed by atoms with Gasteiger partial charge in [0.1, 0.15) is 30.1 Å². The fourth-order valence-electron chi connectivity index (χ4n) is 14.3. The highest BCUT2D eigenvalue weighted by Crippen LogP contribution is 2.42. The number of hydrogen-bond acceptors (Lipinski definition) is 15. The summed E-state index contributed by atoms with van der Waals surface area (Å²) in [5.74, 6) is -7.96. The van der Waals surface area contributed by atoms with E-state index in [9.17, 15) is 57.6 Å². The molecule has 1 unspecified atom stereocenters. The molecular weight excluding hydrogens is 1300 g/mol. The number of piperidine rings is 1. The zero-order valence-corrected chi connectivity index (χ0v) is 61.1. The van der Waals surface area contributed by atoms with E-state index < -0.39 is 102 Å². The molecule has 0 spiro atoms. The molecule has 2 bridgehead atoms. The van der Waals surface area contributed by atoms with Crippen molar-refractivity contribution >= 4 is 74.0 Å². The number of aliphatic hydroxyl groups is 4. The highest BCUT2D eigenvalue weighted by atomic mass is 35.5. The fourth-order valence-corrected chi connectivity index (χ4v) is 14.9. The van der Waals surface area contributed by atoms with E-state index in [4.69, 9.17) is 46.9 Å². The number of rotatable bonds is 16. The Morgan fingerprint density at radius 1 is 0.786 bits per heavy atom. The first kappa shape index (κ1) is 82.1. The first-order chi connectivity index (χ1) is 46.4. The number of carbonyl (C=O) groups excluding carboxylic acids is 5. The number of fused-ring (bicyclic) bond motifs is 6. The van der Waals surface area contributed by atoms with Gasteiger partial charge in [-0.25, -0.2) is 4.79 Å². The number of ketones is 3. The molecule has 546 valence electrons. The molecule has 0 aromatic heterocycles. The number of cyclic esters (lactones) is 1. The number of alkyl halides is 3. The van der Waals surface area contributed by atoms with Crippen LogP contribution in [0.4, 0.5) is 13.2 Å². The average molecular weight is 1410 g/mol. The van der Waals surface area contributed by atoms with Crippen LogP contribution in [0.2, 0.25) is 10.0 Å². The van der Waals surface area contributed by atoms with Gasteiger partial charge in [-0.05, 0) is 191 Å². The summed E-state index contributed by atoms with van der Waals surface area (Å²) in [4.78, 5) is 74.1. The Labute approximate surface area is 588 Å². The van der Waals surface area contributed by atoms with E-state index in [-0.39, 0.29) is 54.8 Å². The van der Waals surface area contributed by atoms with Crippen molar-refractivity contribution in [1.82, 2.24) is 9.80 Å². The van der Waals surface area contributed by atoms with Gasteiger partial charge in [-0.2, -0.15) is 13.2 Å². The van der Waals surface area contributed by atoms with Crippen molar-refractivity contribution in [2.45, 2.75) is 238 Å². The van der Waals surface area contributed by atoms with Gasteiger partial charge in [-0.15, -0.1) is 0 Å². The number of esters is 1. The molecular formula is C77H109Cl2F3N2O14. The van der Waals surface area contributed by atoms with E-state index in [0.29, 0.717) is 107 Å². The number of nitrogens with zero attached hydrogens (tertiary/aromatic N) is 2. The Balaban J connectivity index is 0.000000382. The van der Waals surface area contributed by atoms with Gasteiger partial charge in [-0.3, -0.25) is 19.2 Å². The fraction of sp³-hybridized carbons (Fsp3) is 0.649. The van der Waals surface area contributed by atoms with Crippen LogP contribution >= 0.6 is 23.2 Å². The molecule has 21 heteroatoms. The van der Waals surface area contributed by atoms with Gasteiger partial charge >= 0.3 is 12.1 Å². The molecule has 2 saturated heterocycles. The van der Waals surface area contributed by atoms with Crippen molar-refractivity contribution in [3.8, 4) is 0 Å². The number of hydrogen-bond donors (Lipinski definition) is 4. The zero-order valence-electron chi connectivity index (χ0n) is 59.6. The molecule has 7 rings (SSSR count). The molecule has 1 aliphatic carbocycles. The van der Waals surface area contributed by atoms with Crippen molar-refractivity contribution in [3.05, 3.63) is 105 Å². The Morgan fingerprint density at radius 3 is 2.13 bits per heavy atom. The molecule has 1 amide bonds. The number of aliphatic hydroxyl groups excluding tert-OH is 3. The molecule has 3 aliphatic heterocycles. The molecule has 1 saturated carbocycles. The van der Waals surface area contributed by atoms with Crippen LogP contribution in [0.15, 0.2) is 84.0 Å². The molecule has 3 fully saturated rings. The van der Waals surface area contributed by atoms with Gasteiger partial charge in [0.15, 0.2) is 5.78 Å². The number of carbonyl (C=O) groups is 5. The smallest absolute Gasteiger partial charge is 0.416 e. The summed E-state index contributed by atoms with van der Waals surface area (Å²) in [6.45, 7) is 19.7. The number of Topliss-reactive ketones (excluding diaryl/α,β-unsaturated/α-hetero) is 3. The number of methoxy groups -OCH3 is 3. The van der Waals surface area contributed by atoms with Crippen LogP contribution in [0, 0.1) is 35.5 Å². The maximum atomic E-state index is 14.4. The van der Waals surface area contributed by atoms with Gasteiger partial charge < -0.3 is 53.9 Å². The standard InChI is InChI=1S/C51H79NO13.C26H30Cl2F3NO/c1-30-16-12-11-13-17-31(2)42(61-8)28-38-21-19-36(7)51(60,65-38)48(57)49(58)52-23-15-14-18-39(52)50(59)64-43(33(4)26-37-20-22-40(53)44(27-37)62-9)29-41(54)32(3)25-35(6)46(56)47(63-10)45(55)34(5)24-30;1-3-5-10-32(11-6-4-2)12-9-25(33)23-16-22-21(14-18(27)15-24(22)28)20-13-17(26(29,30)31)7-8-19(20)23/h11-13,16-17,25,30,32-34,36-40,42-44,46-47,53,56,60H,14-15,18-24,26-29H2,1-10H3;7-8,13-16,25,33H,3-6,9-12H2,1-2H3/b13-11+,16-12+,31-17+,35-25+;/t30-,32-,33-,34-,36-,37+,38+,39+,40-,42+,43+,44-,46-,47+,51-;/m1./s1. The van der Waals surface area contributed by atoms with Gasteiger partial charge in [0, 0.05) is 80.4 Å². The van der Waals surface area contributed by atoms with Gasteiger partial charge in [0.2, 0.25) is 5.79 Å². The number of amides is 1. The lowest BCUT2D eigenvalue weighted by molar-refractivity contribution is -0.265. The molecule has 3 aromatic rings.